The van der Waals surface area contributed by atoms with Gasteiger partial charge in [0.25, 0.3) is 0 Å². The first-order chi connectivity index (χ1) is 6.72. The standard InChI is InChI=1S/C10H11FO3/c1-13-10(14-2)8-5-7(6-12)3-4-9(8)11/h3-6,10H,1-2H3. The maximum Gasteiger partial charge on any atom is 0.185 e. The zero-order valence-corrected chi connectivity index (χ0v) is 7.99. The lowest BCUT2D eigenvalue weighted by Gasteiger charge is -2.14. The van der Waals surface area contributed by atoms with Gasteiger partial charge in [-0.05, 0) is 18.2 Å². The minimum atomic E-state index is -0.782. The Morgan fingerprint density at radius 1 is 1.36 bits per heavy atom. The molecule has 0 saturated carbocycles. The fourth-order valence-electron chi connectivity index (χ4n) is 1.17. The molecule has 0 spiro atoms. The quantitative estimate of drug-likeness (QED) is 0.547. The van der Waals surface area contributed by atoms with E-state index in [0.29, 0.717) is 11.8 Å². The number of hydrogen-bond donors (Lipinski definition) is 0. The second kappa shape index (κ2) is 4.83. The number of carbonyl (C=O) groups is 1. The largest absolute Gasteiger partial charge is 0.352 e. The molecule has 0 aliphatic rings. The van der Waals surface area contributed by atoms with Crippen molar-refractivity contribution in [1.82, 2.24) is 0 Å². The van der Waals surface area contributed by atoms with Gasteiger partial charge in [-0.3, -0.25) is 4.79 Å². The molecule has 0 bridgehead atoms. The third-order valence-electron chi connectivity index (χ3n) is 1.84. The molecule has 0 unspecified atom stereocenters. The van der Waals surface area contributed by atoms with Gasteiger partial charge in [-0.15, -0.1) is 0 Å². The normalized spacial score (nSPS) is 10.6. The van der Waals surface area contributed by atoms with Crippen LogP contribution in [0.15, 0.2) is 18.2 Å². The number of carbonyl (C=O) groups excluding carboxylic acids is 1. The van der Waals surface area contributed by atoms with Crippen molar-refractivity contribution in [3.63, 3.8) is 0 Å². The van der Waals surface area contributed by atoms with E-state index >= 15 is 0 Å². The van der Waals surface area contributed by atoms with E-state index in [-0.39, 0.29) is 5.56 Å². The Kier molecular flexibility index (Phi) is 3.73. The third kappa shape index (κ3) is 2.16. The molecule has 4 heteroatoms. The highest BCUT2D eigenvalue weighted by molar-refractivity contribution is 5.75. The van der Waals surface area contributed by atoms with Gasteiger partial charge >= 0.3 is 0 Å². The molecule has 0 fully saturated rings. The molecule has 0 amide bonds. The molecule has 0 heterocycles. The van der Waals surface area contributed by atoms with E-state index in [9.17, 15) is 9.18 Å². The summed E-state index contributed by atoms with van der Waals surface area (Å²) in [5.41, 5.74) is 0.611. The van der Waals surface area contributed by atoms with Crippen molar-refractivity contribution >= 4 is 6.29 Å². The van der Waals surface area contributed by atoms with E-state index in [1.807, 2.05) is 0 Å². The lowest BCUT2D eigenvalue weighted by atomic mass is 10.1. The molecular weight excluding hydrogens is 187 g/mol. The summed E-state index contributed by atoms with van der Waals surface area (Å²) in [6, 6.07) is 4.01. The van der Waals surface area contributed by atoms with Crippen LogP contribution < -0.4 is 0 Å². The summed E-state index contributed by atoms with van der Waals surface area (Å²) >= 11 is 0. The summed E-state index contributed by atoms with van der Waals surface area (Å²) in [6.07, 6.45) is -0.138. The van der Waals surface area contributed by atoms with E-state index in [1.165, 1.54) is 32.4 Å². The van der Waals surface area contributed by atoms with E-state index in [0.717, 1.165) is 0 Å². The second-order valence-corrected chi connectivity index (χ2v) is 2.70. The lowest BCUT2D eigenvalue weighted by Crippen LogP contribution is -2.06. The van der Waals surface area contributed by atoms with Gasteiger partial charge in [0.1, 0.15) is 12.1 Å². The predicted octanol–water partition coefficient (Wildman–Crippen LogP) is 1.93. The van der Waals surface area contributed by atoms with Crippen molar-refractivity contribution in [1.29, 1.82) is 0 Å². The minimum Gasteiger partial charge on any atom is -0.352 e. The van der Waals surface area contributed by atoms with Crippen LogP contribution in [-0.4, -0.2) is 20.5 Å². The SMILES string of the molecule is COC(OC)c1cc(C=O)ccc1F. The summed E-state index contributed by atoms with van der Waals surface area (Å²) in [7, 11) is 2.81. The lowest BCUT2D eigenvalue weighted by molar-refractivity contribution is -0.107. The molecule has 3 nitrogen and oxygen atoms in total. The van der Waals surface area contributed by atoms with Crippen LogP contribution in [0.5, 0.6) is 0 Å². The Morgan fingerprint density at radius 2 is 2.00 bits per heavy atom. The summed E-state index contributed by atoms with van der Waals surface area (Å²) < 4.78 is 23.0. The number of rotatable bonds is 4. The third-order valence-corrected chi connectivity index (χ3v) is 1.84. The Bertz CT molecular complexity index is 321. The van der Waals surface area contributed by atoms with Gasteiger partial charge in [0.2, 0.25) is 0 Å². The number of methoxy groups -OCH3 is 2. The van der Waals surface area contributed by atoms with E-state index in [2.05, 4.69) is 0 Å². The highest BCUT2D eigenvalue weighted by Gasteiger charge is 2.14. The van der Waals surface area contributed by atoms with Crippen LogP contribution in [0, 0.1) is 5.82 Å². The molecule has 1 aromatic carbocycles. The van der Waals surface area contributed by atoms with Gasteiger partial charge in [0.15, 0.2) is 6.29 Å². The predicted molar refractivity (Wildman–Crippen MR) is 48.5 cm³/mol. The zero-order chi connectivity index (χ0) is 10.6. The summed E-state index contributed by atoms with van der Waals surface area (Å²) in [5, 5.41) is 0. The van der Waals surface area contributed by atoms with Crippen LogP contribution in [0.4, 0.5) is 4.39 Å². The molecule has 0 atom stereocenters. The van der Waals surface area contributed by atoms with Crippen molar-refractivity contribution in [2.24, 2.45) is 0 Å². The van der Waals surface area contributed by atoms with Crippen LogP contribution in [0.2, 0.25) is 0 Å². The molecule has 1 aromatic rings. The average molecular weight is 198 g/mol. The van der Waals surface area contributed by atoms with Gasteiger partial charge in [-0.1, -0.05) is 0 Å². The Hall–Kier alpha value is -1.26. The van der Waals surface area contributed by atoms with E-state index in [1.54, 1.807) is 0 Å². The molecule has 0 radical (unpaired) electrons. The van der Waals surface area contributed by atoms with Crippen molar-refractivity contribution < 1.29 is 18.7 Å². The molecule has 14 heavy (non-hydrogen) atoms. The first-order valence-corrected chi connectivity index (χ1v) is 4.03. The molecule has 1 rings (SSSR count). The van der Waals surface area contributed by atoms with E-state index < -0.39 is 12.1 Å². The van der Waals surface area contributed by atoms with Gasteiger partial charge in [-0.25, -0.2) is 4.39 Å². The molecule has 76 valence electrons. The van der Waals surface area contributed by atoms with Crippen LogP contribution >= 0.6 is 0 Å². The molecular formula is C10H11FO3. The van der Waals surface area contributed by atoms with Crippen molar-refractivity contribution in [2.75, 3.05) is 14.2 Å². The number of ether oxygens (including phenoxy) is 2. The fraction of sp³-hybridized carbons (Fsp3) is 0.300. The maximum atomic E-state index is 13.3. The second-order valence-electron chi connectivity index (χ2n) is 2.70. The van der Waals surface area contributed by atoms with Crippen LogP contribution in [0.25, 0.3) is 0 Å². The smallest absolute Gasteiger partial charge is 0.185 e. The zero-order valence-electron chi connectivity index (χ0n) is 7.99. The Morgan fingerprint density at radius 3 is 2.50 bits per heavy atom. The first-order valence-electron chi connectivity index (χ1n) is 4.03. The number of halogens is 1. The van der Waals surface area contributed by atoms with Crippen molar-refractivity contribution in [3.8, 4) is 0 Å². The fourth-order valence-corrected chi connectivity index (χ4v) is 1.17. The van der Waals surface area contributed by atoms with Crippen LogP contribution in [0.1, 0.15) is 22.2 Å². The number of hydrogen-bond acceptors (Lipinski definition) is 3. The van der Waals surface area contributed by atoms with Gasteiger partial charge in [0.05, 0.1) is 0 Å². The summed E-state index contributed by atoms with van der Waals surface area (Å²) in [5.74, 6) is -0.454. The Labute approximate surface area is 81.4 Å². The number of aldehydes is 1. The molecule has 0 aromatic heterocycles. The summed E-state index contributed by atoms with van der Waals surface area (Å²) in [6.45, 7) is 0. The van der Waals surface area contributed by atoms with Gasteiger partial charge in [-0.2, -0.15) is 0 Å². The minimum absolute atomic E-state index is 0.222. The highest BCUT2D eigenvalue weighted by Crippen LogP contribution is 2.21. The average Bonchev–Trinajstić information content (AvgIpc) is 2.22. The maximum absolute atomic E-state index is 13.3. The molecule has 0 saturated heterocycles. The molecule has 0 aliphatic carbocycles. The Balaban J connectivity index is 3.10. The topological polar surface area (TPSA) is 35.5 Å². The van der Waals surface area contributed by atoms with Crippen molar-refractivity contribution in [2.45, 2.75) is 6.29 Å². The number of benzene rings is 1. The van der Waals surface area contributed by atoms with Gasteiger partial charge in [0, 0.05) is 25.3 Å². The van der Waals surface area contributed by atoms with Crippen molar-refractivity contribution in [3.05, 3.63) is 35.1 Å². The van der Waals surface area contributed by atoms with Crippen LogP contribution in [-0.2, 0) is 9.47 Å². The molecule has 0 aliphatic heterocycles. The monoisotopic (exact) mass is 198 g/mol. The van der Waals surface area contributed by atoms with Gasteiger partial charge < -0.3 is 9.47 Å². The summed E-state index contributed by atoms with van der Waals surface area (Å²) in [4.78, 5) is 10.5. The van der Waals surface area contributed by atoms with Crippen LogP contribution in [0.3, 0.4) is 0 Å². The highest BCUT2D eigenvalue weighted by atomic mass is 19.1. The first kappa shape index (κ1) is 10.8. The molecule has 0 N–H and O–H groups in total. The van der Waals surface area contributed by atoms with E-state index in [4.69, 9.17) is 9.47 Å².